The van der Waals surface area contributed by atoms with E-state index in [1.165, 1.54) is 32.1 Å². The molecule has 2 unspecified atom stereocenters. The van der Waals surface area contributed by atoms with Gasteiger partial charge in [0.1, 0.15) is 0 Å². The van der Waals surface area contributed by atoms with E-state index < -0.39 is 0 Å². The van der Waals surface area contributed by atoms with Crippen molar-refractivity contribution in [3.05, 3.63) is 0 Å². The molecule has 0 saturated carbocycles. The average molecular weight is 253 g/mol. The number of hydrogen-bond acceptors (Lipinski definition) is 3. The molecule has 2 N–H and O–H groups in total. The smallest absolute Gasteiger partial charge is 0.219 e. The fourth-order valence-electron chi connectivity index (χ4n) is 3.46. The van der Waals surface area contributed by atoms with Crippen LogP contribution >= 0.6 is 0 Å². The van der Waals surface area contributed by atoms with Gasteiger partial charge < -0.3 is 15.5 Å². The van der Waals surface area contributed by atoms with Gasteiger partial charge in [-0.15, -0.1) is 0 Å². The molecule has 104 valence electrons. The Morgan fingerprint density at radius 1 is 1.28 bits per heavy atom. The van der Waals surface area contributed by atoms with Crippen molar-refractivity contribution in [1.82, 2.24) is 15.5 Å². The van der Waals surface area contributed by atoms with Gasteiger partial charge >= 0.3 is 0 Å². The van der Waals surface area contributed by atoms with Crippen molar-refractivity contribution in [2.24, 2.45) is 0 Å². The van der Waals surface area contributed by atoms with Gasteiger partial charge in [0, 0.05) is 31.6 Å². The van der Waals surface area contributed by atoms with Crippen LogP contribution in [0.1, 0.15) is 44.9 Å². The Balaban J connectivity index is 1.67. The number of piperidine rings is 2. The van der Waals surface area contributed by atoms with Crippen LogP contribution in [0.2, 0.25) is 0 Å². The zero-order valence-electron chi connectivity index (χ0n) is 11.7. The van der Waals surface area contributed by atoms with Crippen LogP contribution < -0.4 is 10.6 Å². The highest BCUT2D eigenvalue weighted by Crippen LogP contribution is 2.32. The fraction of sp³-hybridized carbons (Fsp3) is 0.929. The summed E-state index contributed by atoms with van der Waals surface area (Å²) < 4.78 is 0. The third-order valence-electron chi connectivity index (χ3n) is 4.63. The van der Waals surface area contributed by atoms with Gasteiger partial charge in [-0.25, -0.2) is 0 Å². The molecule has 2 rings (SSSR count). The number of carbonyl (C=O) groups excluding carboxylic acids is 1. The lowest BCUT2D eigenvalue weighted by atomic mass is 9.82. The summed E-state index contributed by atoms with van der Waals surface area (Å²) in [6.45, 7) is 0.973. The molecule has 18 heavy (non-hydrogen) atoms. The molecule has 2 saturated heterocycles. The molecular formula is C14H27N3O. The molecule has 2 aliphatic rings. The second-order valence-electron chi connectivity index (χ2n) is 5.80. The Morgan fingerprint density at radius 3 is 2.56 bits per heavy atom. The highest BCUT2D eigenvalue weighted by molar-refractivity contribution is 5.75. The van der Waals surface area contributed by atoms with Gasteiger partial charge in [-0.1, -0.05) is 6.42 Å². The SMILES string of the molecule is CNC(=O)CCCNC1CC2CCCC(C1)N2C. The standard InChI is InChI=1S/C14H27N3O/c1-15-14(18)7-4-8-16-11-9-12-5-3-6-13(10-11)17(12)2/h11-13,16H,3-10H2,1-2H3,(H,15,18). The van der Waals surface area contributed by atoms with Crippen LogP contribution in [0.3, 0.4) is 0 Å². The minimum atomic E-state index is 0.150. The van der Waals surface area contributed by atoms with E-state index in [0.29, 0.717) is 12.5 Å². The summed E-state index contributed by atoms with van der Waals surface area (Å²) in [7, 11) is 3.99. The molecule has 1 amide bonds. The van der Waals surface area contributed by atoms with Crippen LogP contribution in [0.25, 0.3) is 0 Å². The predicted octanol–water partition coefficient (Wildman–Crippen LogP) is 1.12. The zero-order valence-corrected chi connectivity index (χ0v) is 11.7. The first kappa shape index (κ1) is 13.8. The molecule has 2 aliphatic heterocycles. The Labute approximate surface area is 110 Å². The first-order valence-electron chi connectivity index (χ1n) is 7.36. The molecule has 2 atom stereocenters. The molecule has 0 spiro atoms. The second kappa shape index (κ2) is 6.53. The molecular weight excluding hydrogens is 226 g/mol. The number of hydrogen-bond donors (Lipinski definition) is 2. The second-order valence-corrected chi connectivity index (χ2v) is 5.80. The number of carbonyl (C=O) groups is 1. The summed E-state index contributed by atoms with van der Waals surface area (Å²) in [6.07, 6.45) is 8.29. The normalized spacial score (nSPS) is 32.2. The number of nitrogens with zero attached hydrogens (tertiary/aromatic N) is 1. The number of amides is 1. The van der Waals surface area contributed by atoms with Gasteiger partial charge in [-0.05, 0) is 45.7 Å². The summed E-state index contributed by atoms with van der Waals surface area (Å²) >= 11 is 0. The molecule has 0 aliphatic carbocycles. The predicted molar refractivity (Wildman–Crippen MR) is 73.5 cm³/mol. The average Bonchev–Trinajstić information content (AvgIpc) is 2.35. The van der Waals surface area contributed by atoms with E-state index >= 15 is 0 Å². The van der Waals surface area contributed by atoms with Crippen LogP contribution in [0.5, 0.6) is 0 Å². The quantitative estimate of drug-likeness (QED) is 0.722. The van der Waals surface area contributed by atoms with Gasteiger partial charge in [0.15, 0.2) is 0 Å². The fourth-order valence-corrected chi connectivity index (χ4v) is 3.46. The van der Waals surface area contributed by atoms with E-state index in [2.05, 4.69) is 22.6 Å². The minimum Gasteiger partial charge on any atom is -0.359 e. The molecule has 0 radical (unpaired) electrons. The first-order valence-corrected chi connectivity index (χ1v) is 7.36. The largest absolute Gasteiger partial charge is 0.359 e. The number of rotatable bonds is 5. The monoisotopic (exact) mass is 253 g/mol. The van der Waals surface area contributed by atoms with Crippen molar-refractivity contribution < 1.29 is 4.79 Å². The zero-order chi connectivity index (χ0) is 13.0. The Hall–Kier alpha value is -0.610. The van der Waals surface area contributed by atoms with E-state index in [9.17, 15) is 4.79 Å². The molecule has 4 nitrogen and oxygen atoms in total. The van der Waals surface area contributed by atoms with Crippen molar-refractivity contribution in [2.75, 3.05) is 20.6 Å². The van der Waals surface area contributed by atoms with E-state index in [4.69, 9.17) is 0 Å². The van der Waals surface area contributed by atoms with Crippen LogP contribution in [0, 0.1) is 0 Å². The maximum atomic E-state index is 11.1. The summed E-state index contributed by atoms with van der Waals surface area (Å²) in [5, 5.41) is 6.31. The summed E-state index contributed by atoms with van der Waals surface area (Å²) in [6, 6.07) is 2.24. The maximum absolute atomic E-state index is 11.1. The topological polar surface area (TPSA) is 44.4 Å². The van der Waals surface area contributed by atoms with Crippen molar-refractivity contribution in [1.29, 1.82) is 0 Å². The summed E-state index contributed by atoms with van der Waals surface area (Å²) in [5.74, 6) is 0.150. The first-order chi connectivity index (χ1) is 8.70. The van der Waals surface area contributed by atoms with Crippen molar-refractivity contribution >= 4 is 5.91 Å². The number of fused-ring (bicyclic) bond motifs is 2. The van der Waals surface area contributed by atoms with Gasteiger partial charge in [-0.2, -0.15) is 0 Å². The van der Waals surface area contributed by atoms with Crippen LogP contribution in [0.15, 0.2) is 0 Å². The third kappa shape index (κ3) is 3.45. The molecule has 0 aromatic rings. The summed E-state index contributed by atoms with van der Waals surface area (Å²) in [4.78, 5) is 13.7. The Bertz CT molecular complexity index is 268. The van der Waals surface area contributed by atoms with Crippen molar-refractivity contribution in [2.45, 2.75) is 63.1 Å². The third-order valence-corrected chi connectivity index (χ3v) is 4.63. The molecule has 4 heteroatoms. The van der Waals surface area contributed by atoms with Gasteiger partial charge in [0.2, 0.25) is 5.91 Å². The van der Waals surface area contributed by atoms with Gasteiger partial charge in [0.05, 0.1) is 0 Å². The van der Waals surface area contributed by atoms with Crippen LogP contribution in [-0.4, -0.2) is 49.6 Å². The van der Waals surface area contributed by atoms with E-state index in [1.807, 2.05) is 0 Å². The van der Waals surface area contributed by atoms with Crippen molar-refractivity contribution in [3.8, 4) is 0 Å². The van der Waals surface area contributed by atoms with Crippen LogP contribution in [-0.2, 0) is 4.79 Å². The molecule has 2 fully saturated rings. The highest BCUT2D eigenvalue weighted by atomic mass is 16.1. The lowest BCUT2D eigenvalue weighted by molar-refractivity contribution is -0.120. The highest BCUT2D eigenvalue weighted by Gasteiger charge is 2.35. The molecule has 2 heterocycles. The molecule has 2 bridgehead atoms. The maximum Gasteiger partial charge on any atom is 0.219 e. The van der Waals surface area contributed by atoms with Gasteiger partial charge in [0.25, 0.3) is 0 Å². The lowest BCUT2D eigenvalue weighted by Gasteiger charge is -2.47. The van der Waals surface area contributed by atoms with E-state index in [0.717, 1.165) is 25.0 Å². The Kier molecular flexibility index (Phi) is 5.01. The number of nitrogens with one attached hydrogen (secondary N) is 2. The van der Waals surface area contributed by atoms with Crippen LogP contribution in [0.4, 0.5) is 0 Å². The minimum absolute atomic E-state index is 0.150. The lowest BCUT2D eigenvalue weighted by Crippen LogP contribution is -2.54. The molecule has 0 aromatic carbocycles. The van der Waals surface area contributed by atoms with Crippen molar-refractivity contribution in [3.63, 3.8) is 0 Å². The summed E-state index contributed by atoms with van der Waals surface area (Å²) in [5.41, 5.74) is 0. The molecule has 0 aromatic heterocycles. The Morgan fingerprint density at radius 2 is 1.94 bits per heavy atom. The van der Waals surface area contributed by atoms with E-state index in [-0.39, 0.29) is 5.91 Å². The van der Waals surface area contributed by atoms with Gasteiger partial charge in [-0.3, -0.25) is 4.79 Å². The van der Waals surface area contributed by atoms with E-state index in [1.54, 1.807) is 7.05 Å².